The molecule has 0 aliphatic rings. The molecular weight excluding hydrogens is 269 g/mol. The second-order valence-corrected chi connectivity index (χ2v) is 5.18. The Hall–Kier alpha value is -2.30. The summed E-state index contributed by atoms with van der Waals surface area (Å²) in [7, 11) is 0. The van der Waals surface area contributed by atoms with E-state index < -0.39 is 0 Å². The molecule has 3 N–H and O–H groups in total. The van der Waals surface area contributed by atoms with E-state index in [-0.39, 0.29) is 18.0 Å². The van der Waals surface area contributed by atoms with Crippen molar-refractivity contribution >= 4 is 11.5 Å². The lowest BCUT2D eigenvalue weighted by atomic mass is 10.1. The fourth-order valence-corrected chi connectivity index (χ4v) is 1.91. The van der Waals surface area contributed by atoms with Crippen molar-refractivity contribution in [3.05, 3.63) is 47.8 Å². The van der Waals surface area contributed by atoms with E-state index in [4.69, 9.17) is 10.5 Å². The number of nitrogens with two attached hydrogens (primary N) is 1. The number of anilines is 2. The van der Waals surface area contributed by atoms with Crippen molar-refractivity contribution in [2.75, 3.05) is 11.1 Å². The molecule has 1 aromatic heterocycles. The van der Waals surface area contributed by atoms with Crippen LogP contribution in [0.4, 0.5) is 15.9 Å². The summed E-state index contributed by atoms with van der Waals surface area (Å²) < 4.78 is 18.5. The summed E-state index contributed by atoms with van der Waals surface area (Å²) in [5.74, 6) is 0.835. The van der Waals surface area contributed by atoms with E-state index in [0.717, 1.165) is 5.56 Å². The second-order valence-electron chi connectivity index (χ2n) is 5.18. The molecule has 1 heterocycles. The summed E-state index contributed by atoms with van der Waals surface area (Å²) in [5.41, 5.74) is 7.32. The summed E-state index contributed by atoms with van der Waals surface area (Å²) in [6, 6.07) is 9.92. The molecule has 0 fully saturated rings. The molecule has 112 valence electrons. The minimum absolute atomic E-state index is 0.00423. The number of hydrogen-bond acceptors (Lipinski definition) is 4. The fourth-order valence-electron chi connectivity index (χ4n) is 1.91. The lowest BCUT2D eigenvalue weighted by molar-refractivity contribution is 0.234. The van der Waals surface area contributed by atoms with Crippen molar-refractivity contribution in [3.8, 4) is 5.88 Å². The van der Waals surface area contributed by atoms with Gasteiger partial charge in [0.2, 0.25) is 5.88 Å². The van der Waals surface area contributed by atoms with Crippen molar-refractivity contribution in [1.29, 1.82) is 0 Å². The third-order valence-electron chi connectivity index (χ3n) is 2.97. The van der Waals surface area contributed by atoms with E-state index in [0.29, 0.717) is 17.4 Å². The zero-order valence-corrected chi connectivity index (χ0v) is 12.4. The molecule has 0 bridgehead atoms. The number of benzene rings is 1. The van der Waals surface area contributed by atoms with E-state index in [9.17, 15) is 4.39 Å². The highest BCUT2D eigenvalue weighted by Gasteiger charge is 2.10. The standard InChI is InChI=1S/C16H20FN3O/c1-10(2)21-16-14(18)8-9-15(20-16)19-11(3)12-4-6-13(17)7-5-12/h4-11H,18H2,1-3H3,(H,19,20). The van der Waals surface area contributed by atoms with Crippen LogP contribution in [-0.2, 0) is 0 Å². The number of nitrogen functional groups attached to an aromatic ring is 1. The highest BCUT2D eigenvalue weighted by molar-refractivity contribution is 5.54. The van der Waals surface area contributed by atoms with Gasteiger partial charge in [-0.15, -0.1) is 0 Å². The first-order valence-electron chi connectivity index (χ1n) is 6.91. The van der Waals surface area contributed by atoms with Gasteiger partial charge in [0.15, 0.2) is 0 Å². The molecule has 0 aliphatic heterocycles. The third kappa shape index (κ3) is 4.08. The predicted octanol–water partition coefficient (Wildman–Crippen LogP) is 3.76. The number of hydrogen-bond donors (Lipinski definition) is 2. The van der Waals surface area contributed by atoms with E-state index in [2.05, 4.69) is 10.3 Å². The molecule has 4 nitrogen and oxygen atoms in total. The number of pyridine rings is 1. The van der Waals surface area contributed by atoms with Gasteiger partial charge in [-0.25, -0.2) is 4.39 Å². The van der Waals surface area contributed by atoms with Crippen LogP contribution in [0.3, 0.4) is 0 Å². The van der Waals surface area contributed by atoms with Crippen LogP contribution < -0.4 is 15.8 Å². The van der Waals surface area contributed by atoms with Gasteiger partial charge in [0.25, 0.3) is 0 Å². The first-order chi connectivity index (χ1) is 9.95. The molecule has 0 spiro atoms. The van der Waals surface area contributed by atoms with E-state index in [1.54, 1.807) is 24.3 Å². The SMILES string of the molecule is CC(C)Oc1nc(NC(C)c2ccc(F)cc2)ccc1N. The topological polar surface area (TPSA) is 60.2 Å². The van der Waals surface area contributed by atoms with Gasteiger partial charge < -0.3 is 15.8 Å². The largest absolute Gasteiger partial charge is 0.473 e. The molecule has 0 saturated carbocycles. The smallest absolute Gasteiger partial charge is 0.239 e. The first kappa shape index (κ1) is 15.1. The zero-order valence-electron chi connectivity index (χ0n) is 12.4. The number of nitrogens with zero attached hydrogens (tertiary/aromatic N) is 1. The second kappa shape index (κ2) is 6.43. The summed E-state index contributed by atoms with van der Waals surface area (Å²) >= 11 is 0. The van der Waals surface area contributed by atoms with Crippen LogP contribution in [0.2, 0.25) is 0 Å². The van der Waals surface area contributed by atoms with Crippen molar-refractivity contribution in [3.63, 3.8) is 0 Å². The third-order valence-corrected chi connectivity index (χ3v) is 2.97. The highest BCUT2D eigenvalue weighted by Crippen LogP contribution is 2.24. The molecule has 0 aliphatic carbocycles. The summed E-state index contributed by atoms with van der Waals surface area (Å²) in [5, 5.41) is 3.25. The van der Waals surface area contributed by atoms with Crippen LogP contribution in [0, 0.1) is 5.82 Å². The quantitative estimate of drug-likeness (QED) is 0.879. The number of ether oxygens (including phenoxy) is 1. The molecular formula is C16H20FN3O. The molecule has 0 saturated heterocycles. The van der Waals surface area contributed by atoms with Crippen LogP contribution in [0.15, 0.2) is 36.4 Å². The van der Waals surface area contributed by atoms with E-state index in [1.165, 1.54) is 12.1 Å². The average molecular weight is 289 g/mol. The maximum absolute atomic E-state index is 12.9. The zero-order chi connectivity index (χ0) is 15.4. The van der Waals surface area contributed by atoms with Crippen LogP contribution in [-0.4, -0.2) is 11.1 Å². The van der Waals surface area contributed by atoms with Gasteiger partial charge in [0, 0.05) is 6.04 Å². The fraction of sp³-hybridized carbons (Fsp3) is 0.312. The maximum atomic E-state index is 12.9. The van der Waals surface area contributed by atoms with Crippen LogP contribution >= 0.6 is 0 Å². The van der Waals surface area contributed by atoms with Crippen molar-refractivity contribution in [1.82, 2.24) is 4.98 Å². The van der Waals surface area contributed by atoms with Gasteiger partial charge in [0.05, 0.1) is 11.8 Å². The highest BCUT2D eigenvalue weighted by atomic mass is 19.1. The number of halogens is 1. The number of rotatable bonds is 5. The van der Waals surface area contributed by atoms with Gasteiger partial charge in [-0.05, 0) is 50.6 Å². The normalized spacial score (nSPS) is 12.2. The molecule has 21 heavy (non-hydrogen) atoms. The molecule has 2 aromatic rings. The Morgan fingerprint density at radius 1 is 1.10 bits per heavy atom. The van der Waals surface area contributed by atoms with Gasteiger partial charge >= 0.3 is 0 Å². The van der Waals surface area contributed by atoms with Gasteiger partial charge in [-0.3, -0.25) is 0 Å². The minimum Gasteiger partial charge on any atom is -0.473 e. The van der Waals surface area contributed by atoms with Crippen LogP contribution in [0.1, 0.15) is 32.4 Å². The summed E-state index contributed by atoms with van der Waals surface area (Å²) in [4.78, 5) is 4.36. The summed E-state index contributed by atoms with van der Waals surface area (Å²) in [6.45, 7) is 5.82. The number of nitrogens with one attached hydrogen (secondary N) is 1. The molecule has 1 unspecified atom stereocenters. The van der Waals surface area contributed by atoms with Crippen LogP contribution in [0.25, 0.3) is 0 Å². The van der Waals surface area contributed by atoms with Crippen molar-refractivity contribution < 1.29 is 9.13 Å². The molecule has 0 amide bonds. The Kier molecular flexibility index (Phi) is 4.62. The maximum Gasteiger partial charge on any atom is 0.239 e. The Bertz CT molecular complexity index is 599. The molecule has 5 heteroatoms. The monoisotopic (exact) mass is 289 g/mol. The average Bonchev–Trinajstić information content (AvgIpc) is 2.42. The van der Waals surface area contributed by atoms with Gasteiger partial charge in [-0.1, -0.05) is 12.1 Å². The minimum atomic E-state index is -0.246. The Morgan fingerprint density at radius 2 is 1.76 bits per heavy atom. The predicted molar refractivity (Wildman–Crippen MR) is 82.9 cm³/mol. The molecule has 2 rings (SSSR count). The van der Waals surface area contributed by atoms with Gasteiger partial charge in [-0.2, -0.15) is 4.98 Å². The van der Waals surface area contributed by atoms with E-state index in [1.807, 2.05) is 20.8 Å². The molecule has 0 radical (unpaired) electrons. The lowest BCUT2D eigenvalue weighted by Crippen LogP contribution is -2.12. The molecule has 1 atom stereocenters. The Balaban J connectivity index is 2.13. The lowest BCUT2D eigenvalue weighted by Gasteiger charge is -2.17. The van der Waals surface area contributed by atoms with E-state index >= 15 is 0 Å². The van der Waals surface area contributed by atoms with Crippen molar-refractivity contribution in [2.24, 2.45) is 0 Å². The first-order valence-corrected chi connectivity index (χ1v) is 6.91. The number of aromatic nitrogens is 1. The Labute approximate surface area is 124 Å². The van der Waals surface area contributed by atoms with Gasteiger partial charge in [0.1, 0.15) is 11.6 Å². The van der Waals surface area contributed by atoms with Crippen molar-refractivity contribution in [2.45, 2.75) is 32.9 Å². The van der Waals surface area contributed by atoms with Crippen LogP contribution in [0.5, 0.6) is 5.88 Å². The molecule has 1 aromatic carbocycles. The summed E-state index contributed by atoms with van der Waals surface area (Å²) in [6.07, 6.45) is 0.00423. The Morgan fingerprint density at radius 3 is 2.38 bits per heavy atom.